The number of esters is 1. The smallest absolute Gasteiger partial charge is 0.330 e. The lowest BCUT2D eigenvalue weighted by molar-refractivity contribution is -0.144. The number of fused-ring (bicyclic) bond motifs is 1. The molecule has 1 fully saturated rings. The molecule has 1 atom stereocenters. The molecule has 0 amide bonds. The molecule has 1 saturated heterocycles. The molecular formula is C15H18N4O2. The van der Waals surface area contributed by atoms with Crippen molar-refractivity contribution in [2.24, 2.45) is 0 Å². The molecule has 6 heteroatoms. The second-order valence-electron chi connectivity index (χ2n) is 4.88. The van der Waals surface area contributed by atoms with Crippen molar-refractivity contribution in [2.75, 3.05) is 31.1 Å². The highest BCUT2D eigenvalue weighted by molar-refractivity contribution is 5.91. The van der Waals surface area contributed by atoms with Gasteiger partial charge in [-0.25, -0.2) is 14.8 Å². The van der Waals surface area contributed by atoms with Crippen molar-refractivity contribution in [3.8, 4) is 0 Å². The second kappa shape index (κ2) is 6.05. The monoisotopic (exact) mass is 286 g/mol. The Morgan fingerprint density at radius 3 is 3.14 bits per heavy atom. The minimum Gasteiger partial charge on any atom is -0.464 e. The van der Waals surface area contributed by atoms with E-state index in [0.29, 0.717) is 19.7 Å². The molecule has 2 heterocycles. The van der Waals surface area contributed by atoms with E-state index in [-0.39, 0.29) is 12.0 Å². The van der Waals surface area contributed by atoms with Gasteiger partial charge in [0.1, 0.15) is 18.2 Å². The van der Waals surface area contributed by atoms with Gasteiger partial charge in [0.05, 0.1) is 12.1 Å². The van der Waals surface area contributed by atoms with Crippen LogP contribution in [0.2, 0.25) is 0 Å². The van der Waals surface area contributed by atoms with Gasteiger partial charge in [-0.3, -0.25) is 0 Å². The lowest BCUT2D eigenvalue weighted by atomic mass is 10.1. The zero-order chi connectivity index (χ0) is 14.7. The Morgan fingerprint density at radius 2 is 2.29 bits per heavy atom. The number of carbonyl (C=O) groups excluding carboxylic acids is 1. The van der Waals surface area contributed by atoms with Gasteiger partial charge < -0.3 is 15.0 Å². The lowest BCUT2D eigenvalue weighted by Gasteiger charge is -2.35. The summed E-state index contributed by atoms with van der Waals surface area (Å²) in [6.45, 7) is 4.29. The Hall–Kier alpha value is -2.21. The summed E-state index contributed by atoms with van der Waals surface area (Å²) in [5.74, 6) is 0.576. The van der Waals surface area contributed by atoms with Crippen molar-refractivity contribution in [1.29, 1.82) is 0 Å². The van der Waals surface area contributed by atoms with Crippen LogP contribution < -0.4 is 10.2 Å². The van der Waals surface area contributed by atoms with E-state index >= 15 is 0 Å². The Morgan fingerprint density at radius 1 is 1.43 bits per heavy atom. The fourth-order valence-electron chi connectivity index (χ4n) is 2.63. The predicted octanol–water partition coefficient (Wildman–Crippen LogP) is 0.971. The summed E-state index contributed by atoms with van der Waals surface area (Å²) >= 11 is 0. The van der Waals surface area contributed by atoms with Gasteiger partial charge in [0.15, 0.2) is 0 Å². The zero-order valence-corrected chi connectivity index (χ0v) is 12.0. The van der Waals surface area contributed by atoms with Crippen LogP contribution in [0.25, 0.3) is 10.9 Å². The van der Waals surface area contributed by atoms with Crippen LogP contribution in [-0.4, -0.2) is 48.2 Å². The highest BCUT2D eigenvalue weighted by Crippen LogP contribution is 2.25. The average Bonchev–Trinajstić information content (AvgIpc) is 2.54. The molecule has 0 saturated carbocycles. The van der Waals surface area contributed by atoms with Gasteiger partial charge >= 0.3 is 5.97 Å². The first-order chi connectivity index (χ1) is 10.3. The van der Waals surface area contributed by atoms with Crippen LogP contribution >= 0.6 is 0 Å². The number of hydrogen-bond acceptors (Lipinski definition) is 6. The summed E-state index contributed by atoms with van der Waals surface area (Å²) in [5.41, 5.74) is 0.878. The van der Waals surface area contributed by atoms with Crippen LogP contribution in [0.15, 0.2) is 30.6 Å². The SMILES string of the molecule is CCOC(=O)C1CNCCN1c1ncnc2ccccc12. The Balaban J connectivity index is 2.00. The van der Waals surface area contributed by atoms with Crippen molar-refractivity contribution in [2.45, 2.75) is 13.0 Å². The van der Waals surface area contributed by atoms with Crippen LogP contribution in [0, 0.1) is 0 Å². The number of aromatic nitrogens is 2. The molecule has 0 spiro atoms. The molecule has 1 aromatic carbocycles. The fourth-order valence-corrected chi connectivity index (χ4v) is 2.63. The van der Waals surface area contributed by atoms with Crippen molar-refractivity contribution < 1.29 is 9.53 Å². The first-order valence-corrected chi connectivity index (χ1v) is 7.15. The number of nitrogens with zero attached hydrogens (tertiary/aromatic N) is 3. The molecule has 2 aromatic rings. The van der Waals surface area contributed by atoms with Gasteiger partial charge in [0, 0.05) is 25.0 Å². The molecule has 0 aliphatic carbocycles. The molecular weight excluding hydrogens is 268 g/mol. The van der Waals surface area contributed by atoms with E-state index in [1.165, 1.54) is 0 Å². The highest BCUT2D eigenvalue weighted by Gasteiger charge is 2.31. The first-order valence-electron chi connectivity index (χ1n) is 7.15. The topological polar surface area (TPSA) is 67.3 Å². The molecule has 1 aliphatic rings. The minimum atomic E-state index is -0.350. The number of piperazine rings is 1. The summed E-state index contributed by atoms with van der Waals surface area (Å²) in [5, 5.41) is 4.19. The molecule has 3 rings (SSSR count). The molecule has 1 N–H and O–H groups in total. The van der Waals surface area contributed by atoms with E-state index in [0.717, 1.165) is 23.3 Å². The Bertz CT molecular complexity index is 641. The van der Waals surface area contributed by atoms with Crippen LogP contribution in [0.4, 0.5) is 5.82 Å². The van der Waals surface area contributed by atoms with E-state index in [4.69, 9.17) is 4.74 Å². The van der Waals surface area contributed by atoms with Crippen LogP contribution in [0.1, 0.15) is 6.92 Å². The summed E-state index contributed by atoms with van der Waals surface area (Å²) in [4.78, 5) is 22.9. The summed E-state index contributed by atoms with van der Waals surface area (Å²) in [6.07, 6.45) is 1.54. The van der Waals surface area contributed by atoms with Gasteiger partial charge in [-0.2, -0.15) is 0 Å². The number of benzene rings is 1. The minimum absolute atomic E-state index is 0.215. The van der Waals surface area contributed by atoms with E-state index in [1.807, 2.05) is 36.1 Å². The maximum Gasteiger partial charge on any atom is 0.330 e. The number of ether oxygens (including phenoxy) is 1. The zero-order valence-electron chi connectivity index (χ0n) is 12.0. The van der Waals surface area contributed by atoms with E-state index in [1.54, 1.807) is 6.33 Å². The summed E-state index contributed by atoms with van der Waals surface area (Å²) in [7, 11) is 0. The predicted molar refractivity (Wildman–Crippen MR) is 80.2 cm³/mol. The van der Waals surface area contributed by atoms with Crippen molar-refractivity contribution in [3.05, 3.63) is 30.6 Å². The number of para-hydroxylation sites is 1. The van der Waals surface area contributed by atoms with Crippen LogP contribution in [0.3, 0.4) is 0 Å². The van der Waals surface area contributed by atoms with E-state index < -0.39 is 0 Å². The molecule has 0 bridgehead atoms. The molecule has 1 unspecified atom stereocenters. The maximum absolute atomic E-state index is 12.2. The Kier molecular flexibility index (Phi) is 3.96. The van der Waals surface area contributed by atoms with Crippen LogP contribution in [0.5, 0.6) is 0 Å². The van der Waals surface area contributed by atoms with Crippen molar-refractivity contribution in [3.63, 3.8) is 0 Å². The van der Waals surface area contributed by atoms with Crippen LogP contribution in [-0.2, 0) is 9.53 Å². The van der Waals surface area contributed by atoms with Gasteiger partial charge in [-0.05, 0) is 19.1 Å². The second-order valence-corrected chi connectivity index (χ2v) is 4.88. The van der Waals surface area contributed by atoms with E-state index in [9.17, 15) is 4.79 Å². The molecule has 21 heavy (non-hydrogen) atoms. The normalized spacial score (nSPS) is 18.7. The fraction of sp³-hybridized carbons (Fsp3) is 0.400. The number of carbonyl (C=O) groups is 1. The third-order valence-corrected chi connectivity index (χ3v) is 3.60. The van der Waals surface area contributed by atoms with Crippen molar-refractivity contribution >= 4 is 22.7 Å². The average molecular weight is 286 g/mol. The molecule has 110 valence electrons. The van der Waals surface area contributed by atoms with Gasteiger partial charge in [0.2, 0.25) is 0 Å². The third kappa shape index (κ3) is 2.67. The van der Waals surface area contributed by atoms with Crippen molar-refractivity contribution in [1.82, 2.24) is 15.3 Å². The quantitative estimate of drug-likeness (QED) is 0.848. The van der Waals surface area contributed by atoms with Gasteiger partial charge in [-0.1, -0.05) is 12.1 Å². The number of nitrogens with one attached hydrogen (secondary N) is 1. The molecule has 0 radical (unpaired) electrons. The number of anilines is 1. The Labute approximate surface area is 123 Å². The standard InChI is InChI=1S/C15H18N4O2/c1-2-21-15(20)13-9-16-7-8-19(13)14-11-5-3-4-6-12(11)17-10-18-14/h3-6,10,13,16H,2,7-9H2,1H3. The highest BCUT2D eigenvalue weighted by atomic mass is 16.5. The maximum atomic E-state index is 12.2. The first kappa shape index (κ1) is 13.8. The lowest BCUT2D eigenvalue weighted by Crippen LogP contribution is -2.56. The summed E-state index contributed by atoms with van der Waals surface area (Å²) in [6, 6.07) is 7.48. The summed E-state index contributed by atoms with van der Waals surface area (Å²) < 4.78 is 5.18. The largest absolute Gasteiger partial charge is 0.464 e. The molecule has 6 nitrogen and oxygen atoms in total. The third-order valence-electron chi connectivity index (χ3n) is 3.60. The molecule has 1 aliphatic heterocycles. The van der Waals surface area contributed by atoms with Gasteiger partial charge in [0.25, 0.3) is 0 Å². The number of hydrogen-bond donors (Lipinski definition) is 1. The number of rotatable bonds is 3. The van der Waals surface area contributed by atoms with Gasteiger partial charge in [-0.15, -0.1) is 0 Å². The molecule has 1 aromatic heterocycles. The van der Waals surface area contributed by atoms with E-state index in [2.05, 4.69) is 15.3 Å².